The molecule has 0 aliphatic rings. The lowest BCUT2D eigenvalue weighted by atomic mass is 10.1. The topological polar surface area (TPSA) is 23.5 Å². The van der Waals surface area contributed by atoms with Crippen LogP contribution in [0.15, 0.2) is 46.9 Å². The molecule has 0 saturated heterocycles. The van der Waals surface area contributed by atoms with E-state index in [4.69, 9.17) is 0 Å². The lowest BCUT2D eigenvalue weighted by molar-refractivity contribution is 0.198. The van der Waals surface area contributed by atoms with E-state index in [1.54, 1.807) is 6.92 Å². The van der Waals surface area contributed by atoms with Crippen LogP contribution in [0.2, 0.25) is 0 Å². The highest BCUT2D eigenvalue weighted by Gasteiger charge is 2.09. The van der Waals surface area contributed by atoms with E-state index in [9.17, 15) is 5.11 Å². The number of aryl methyl sites for hydroxylation is 1. The second kappa shape index (κ2) is 6.42. The van der Waals surface area contributed by atoms with Gasteiger partial charge < -0.3 is 10.0 Å². The number of benzene rings is 2. The first-order valence-electron chi connectivity index (χ1n) is 6.71. The monoisotopic (exact) mass is 333 g/mol. The highest BCUT2D eigenvalue weighted by Crippen LogP contribution is 2.28. The normalized spacial score (nSPS) is 12.2. The maximum absolute atomic E-state index is 9.66. The van der Waals surface area contributed by atoms with Crippen molar-refractivity contribution in [2.75, 3.05) is 11.9 Å². The zero-order chi connectivity index (χ0) is 14.7. The zero-order valence-corrected chi connectivity index (χ0v) is 13.7. The smallest absolute Gasteiger partial charge is 0.0772 e. The molecule has 0 saturated carbocycles. The van der Waals surface area contributed by atoms with E-state index in [0.717, 1.165) is 22.3 Å². The maximum Gasteiger partial charge on any atom is 0.0772 e. The molecule has 3 heteroatoms. The molecular weight excluding hydrogens is 314 g/mol. The molecule has 0 aliphatic heterocycles. The minimum absolute atomic E-state index is 0.458. The second-order valence-corrected chi connectivity index (χ2v) is 6.08. The number of halogens is 1. The largest absolute Gasteiger partial charge is 0.389 e. The molecule has 2 aromatic carbocycles. The van der Waals surface area contributed by atoms with Crippen LogP contribution >= 0.6 is 15.9 Å². The molecule has 2 rings (SSSR count). The predicted molar refractivity (Wildman–Crippen MR) is 88.1 cm³/mol. The van der Waals surface area contributed by atoms with Gasteiger partial charge in [-0.05, 0) is 37.1 Å². The summed E-state index contributed by atoms with van der Waals surface area (Å²) in [5.41, 5.74) is 4.62. The first-order valence-corrected chi connectivity index (χ1v) is 7.51. The van der Waals surface area contributed by atoms with Crippen molar-refractivity contribution in [1.29, 1.82) is 0 Å². The summed E-state index contributed by atoms with van der Waals surface area (Å²) in [4.78, 5) is 2.20. The molecule has 0 unspecified atom stereocenters. The number of hydrogen-bond donors (Lipinski definition) is 1. The summed E-state index contributed by atoms with van der Waals surface area (Å²) in [6.45, 7) is 4.75. The summed E-state index contributed by atoms with van der Waals surface area (Å²) < 4.78 is 0.945. The molecule has 0 heterocycles. The van der Waals surface area contributed by atoms with Crippen LogP contribution in [-0.4, -0.2) is 12.2 Å². The molecule has 2 aromatic rings. The highest BCUT2D eigenvalue weighted by atomic mass is 79.9. The van der Waals surface area contributed by atoms with E-state index in [1.165, 1.54) is 11.1 Å². The minimum atomic E-state index is -0.458. The highest BCUT2D eigenvalue weighted by molar-refractivity contribution is 9.10. The van der Waals surface area contributed by atoms with Crippen molar-refractivity contribution < 1.29 is 5.11 Å². The van der Waals surface area contributed by atoms with Gasteiger partial charge in [-0.15, -0.1) is 0 Å². The van der Waals surface area contributed by atoms with Gasteiger partial charge in [0.05, 0.1) is 6.10 Å². The van der Waals surface area contributed by atoms with Crippen molar-refractivity contribution in [3.63, 3.8) is 0 Å². The van der Waals surface area contributed by atoms with E-state index in [0.29, 0.717) is 0 Å². The molecule has 0 aromatic heterocycles. The van der Waals surface area contributed by atoms with Crippen molar-refractivity contribution in [2.45, 2.75) is 26.5 Å². The van der Waals surface area contributed by atoms with Gasteiger partial charge in [-0.2, -0.15) is 0 Å². The summed E-state index contributed by atoms with van der Waals surface area (Å²) in [7, 11) is 2.08. The Labute approximate surface area is 129 Å². The molecule has 1 N–H and O–H groups in total. The van der Waals surface area contributed by atoms with Crippen LogP contribution in [0.5, 0.6) is 0 Å². The van der Waals surface area contributed by atoms with Crippen molar-refractivity contribution in [1.82, 2.24) is 0 Å². The Kier molecular flexibility index (Phi) is 4.84. The number of anilines is 1. The van der Waals surface area contributed by atoms with Gasteiger partial charge in [0, 0.05) is 23.8 Å². The Morgan fingerprint density at radius 3 is 2.55 bits per heavy atom. The van der Waals surface area contributed by atoms with Gasteiger partial charge >= 0.3 is 0 Å². The SMILES string of the molecule is Cc1cccc(CN(C)c2ccc([C@@H](C)O)c(Br)c2)c1. The van der Waals surface area contributed by atoms with E-state index in [2.05, 4.69) is 65.1 Å². The Hall–Kier alpha value is -1.32. The standard InChI is InChI=1S/C17H20BrNO/c1-12-5-4-6-14(9-12)11-19(3)15-7-8-16(13(2)20)17(18)10-15/h4-10,13,20H,11H2,1-3H3/t13-/m1/s1. The number of aliphatic hydroxyl groups excluding tert-OH is 1. The number of nitrogens with zero attached hydrogens (tertiary/aromatic N) is 1. The molecule has 0 fully saturated rings. The fourth-order valence-electron chi connectivity index (χ4n) is 2.27. The third-order valence-corrected chi connectivity index (χ3v) is 4.06. The fourth-order valence-corrected chi connectivity index (χ4v) is 2.97. The average Bonchev–Trinajstić information content (AvgIpc) is 2.38. The Balaban J connectivity index is 2.17. The number of aliphatic hydroxyl groups is 1. The van der Waals surface area contributed by atoms with Gasteiger partial charge in [-0.3, -0.25) is 0 Å². The molecule has 0 spiro atoms. The number of rotatable bonds is 4. The van der Waals surface area contributed by atoms with Crippen LogP contribution in [0.1, 0.15) is 29.7 Å². The van der Waals surface area contributed by atoms with Gasteiger partial charge in [-0.1, -0.05) is 51.8 Å². The van der Waals surface area contributed by atoms with E-state index < -0.39 is 6.10 Å². The fraction of sp³-hybridized carbons (Fsp3) is 0.294. The van der Waals surface area contributed by atoms with E-state index in [1.807, 2.05) is 12.1 Å². The lowest BCUT2D eigenvalue weighted by Crippen LogP contribution is -2.16. The van der Waals surface area contributed by atoms with Gasteiger partial charge in [0.25, 0.3) is 0 Å². The number of hydrogen-bond acceptors (Lipinski definition) is 2. The average molecular weight is 334 g/mol. The molecule has 0 radical (unpaired) electrons. The van der Waals surface area contributed by atoms with Crippen molar-refractivity contribution >= 4 is 21.6 Å². The summed E-state index contributed by atoms with van der Waals surface area (Å²) in [5, 5.41) is 9.66. The second-order valence-electron chi connectivity index (χ2n) is 5.23. The minimum Gasteiger partial charge on any atom is -0.389 e. The third-order valence-electron chi connectivity index (χ3n) is 3.38. The molecule has 0 aliphatic carbocycles. The quantitative estimate of drug-likeness (QED) is 0.893. The van der Waals surface area contributed by atoms with E-state index in [-0.39, 0.29) is 0 Å². The van der Waals surface area contributed by atoms with Gasteiger partial charge in [0.2, 0.25) is 0 Å². The van der Waals surface area contributed by atoms with Crippen LogP contribution in [0.3, 0.4) is 0 Å². The molecule has 106 valence electrons. The first kappa shape index (κ1) is 15.1. The zero-order valence-electron chi connectivity index (χ0n) is 12.1. The summed E-state index contributed by atoms with van der Waals surface area (Å²) in [5.74, 6) is 0. The molecular formula is C17H20BrNO. The molecule has 0 amide bonds. The summed E-state index contributed by atoms with van der Waals surface area (Å²) in [6.07, 6.45) is -0.458. The Morgan fingerprint density at radius 2 is 1.95 bits per heavy atom. The molecule has 0 bridgehead atoms. The lowest BCUT2D eigenvalue weighted by Gasteiger charge is -2.21. The van der Waals surface area contributed by atoms with Gasteiger partial charge in [0.15, 0.2) is 0 Å². The van der Waals surface area contributed by atoms with Crippen molar-refractivity contribution in [2.24, 2.45) is 0 Å². The Morgan fingerprint density at radius 1 is 1.20 bits per heavy atom. The van der Waals surface area contributed by atoms with Crippen molar-refractivity contribution in [3.8, 4) is 0 Å². The third kappa shape index (κ3) is 3.62. The predicted octanol–water partition coefficient (Wildman–Crippen LogP) is 4.45. The summed E-state index contributed by atoms with van der Waals surface area (Å²) in [6, 6.07) is 14.6. The Bertz CT molecular complexity index is 595. The maximum atomic E-state index is 9.66. The van der Waals surface area contributed by atoms with Crippen molar-refractivity contribution in [3.05, 3.63) is 63.6 Å². The molecule has 1 atom stereocenters. The van der Waals surface area contributed by atoms with Crippen LogP contribution < -0.4 is 4.90 Å². The van der Waals surface area contributed by atoms with Crippen LogP contribution in [0.4, 0.5) is 5.69 Å². The van der Waals surface area contributed by atoms with Crippen LogP contribution in [-0.2, 0) is 6.54 Å². The van der Waals surface area contributed by atoms with E-state index >= 15 is 0 Å². The first-order chi connectivity index (χ1) is 9.47. The van der Waals surface area contributed by atoms with Gasteiger partial charge in [-0.25, -0.2) is 0 Å². The summed E-state index contributed by atoms with van der Waals surface area (Å²) >= 11 is 3.53. The van der Waals surface area contributed by atoms with Crippen LogP contribution in [0, 0.1) is 6.92 Å². The van der Waals surface area contributed by atoms with Crippen LogP contribution in [0.25, 0.3) is 0 Å². The molecule has 2 nitrogen and oxygen atoms in total. The van der Waals surface area contributed by atoms with Gasteiger partial charge in [0.1, 0.15) is 0 Å². The molecule has 20 heavy (non-hydrogen) atoms.